The topological polar surface area (TPSA) is 48.9 Å². The smallest absolute Gasteiger partial charge is 0.387 e. The van der Waals surface area contributed by atoms with Gasteiger partial charge < -0.3 is 20.3 Å². The molecule has 5 nitrogen and oxygen atoms in total. The second kappa shape index (κ2) is 14.0. The van der Waals surface area contributed by atoms with E-state index in [4.69, 9.17) is 0 Å². The van der Waals surface area contributed by atoms with Crippen molar-refractivity contribution < 1.29 is 13.5 Å². The molecule has 0 aliphatic rings. The molecule has 0 aliphatic heterocycles. The molecule has 150 valence electrons. The lowest BCUT2D eigenvalue weighted by Gasteiger charge is -2.18. The molecule has 0 heterocycles. The van der Waals surface area contributed by atoms with Crippen LogP contribution in [0.4, 0.5) is 8.78 Å². The van der Waals surface area contributed by atoms with Crippen molar-refractivity contribution in [1.29, 1.82) is 0 Å². The monoisotopic (exact) mass is 484 g/mol. The zero-order valence-electron chi connectivity index (χ0n) is 16.0. The van der Waals surface area contributed by atoms with Crippen molar-refractivity contribution in [3.05, 3.63) is 29.3 Å². The Labute approximate surface area is 172 Å². The zero-order valence-corrected chi connectivity index (χ0v) is 18.3. The molecule has 0 aliphatic carbocycles. The first-order chi connectivity index (χ1) is 12.0. The van der Waals surface area contributed by atoms with Crippen molar-refractivity contribution in [3.8, 4) is 5.75 Å². The Bertz CT molecular complexity index is 540. The number of benzene rings is 1. The summed E-state index contributed by atoms with van der Waals surface area (Å²) in [6, 6.07) is 5.15. The first kappa shape index (κ1) is 24.8. The van der Waals surface area contributed by atoms with Crippen molar-refractivity contribution in [2.24, 2.45) is 4.99 Å². The first-order valence-corrected chi connectivity index (χ1v) is 8.71. The average molecular weight is 484 g/mol. The SMILES string of the molecule is CCN(CC)CCCNC(=NC)NCc1cc(C)ccc1OC(F)F.I. The summed E-state index contributed by atoms with van der Waals surface area (Å²) >= 11 is 0. The van der Waals surface area contributed by atoms with Gasteiger partial charge in [-0.15, -0.1) is 24.0 Å². The molecule has 0 saturated heterocycles. The Morgan fingerprint density at radius 1 is 1.23 bits per heavy atom. The molecule has 0 fully saturated rings. The van der Waals surface area contributed by atoms with Crippen LogP contribution < -0.4 is 15.4 Å². The highest BCUT2D eigenvalue weighted by atomic mass is 127. The van der Waals surface area contributed by atoms with Gasteiger partial charge >= 0.3 is 6.61 Å². The quantitative estimate of drug-likeness (QED) is 0.231. The molecule has 0 saturated carbocycles. The Kier molecular flexibility index (Phi) is 13.3. The van der Waals surface area contributed by atoms with E-state index in [1.165, 1.54) is 0 Å². The maximum Gasteiger partial charge on any atom is 0.387 e. The molecule has 8 heteroatoms. The van der Waals surface area contributed by atoms with Crippen LogP contribution in [0.25, 0.3) is 0 Å². The number of alkyl halides is 2. The summed E-state index contributed by atoms with van der Waals surface area (Å²) < 4.78 is 29.6. The average Bonchev–Trinajstić information content (AvgIpc) is 2.59. The van der Waals surface area contributed by atoms with Gasteiger partial charge in [-0.1, -0.05) is 31.5 Å². The van der Waals surface area contributed by atoms with Crippen molar-refractivity contribution in [2.45, 2.75) is 40.3 Å². The molecule has 0 unspecified atom stereocenters. The van der Waals surface area contributed by atoms with Crippen molar-refractivity contribution in [1.82, 2.24) is 15.5 Å². The van der Waals surface area contributed by atoms with Crippen LogP contribution in [-0.2, 0) is 6.54 Å². The molecule has 0 radical (unpaired) electrons. The van der Waals surface area contributed by atoms with E-state index in [-0.39, 0.29) is 29.7 Å². The summed E-state index contributed by atoms with van der Waals surface area (Å²) in [5.74, 6) is 0.828. The standard InChI is InChI=1S/C18H30F2N4O.HI/c1-5-24(6-2)11-7-10-22-18(21-4)23-13-15-12-14(3)8-9-16(15)25-17(19)20;/h8-9,12,17H,5-7,10-11,13H2,1-4H3,(H2,21,22,23);1H. The third-order valence-corrected chi connectivity index (χ3v) is 3.94. The van der Waals surface area contributed by atoms with Gasteiger partial charge in [-0.05, 0) is 39.0 Å². The highest BCUT2D eigenvalue weighted by molar-refractivity contribution is 14.0. The van der Waals surface area contributed by atoms with Crippen LogP contribution in [0, 0.1) is 6.92 Å². The minimum Gasteiger partial charge on any atom is -0.434 e. The number of guanidine groups is 1. The Morgan fingerprint density at radius 2 is 1.92 bits per heavy atom. The molecule has 0 spiro atoms. The number of hydrogen-bond acceptors (Lipinski definition) is 3. The number of hydrogen-bond donors (Lipinski definition) is 2. The van der Waals surface area contributed by atoms with Crippen LogP contribution in [0.2, 0.25) is 0 Å². The third kappa shape index (κ3) is 9.51. The second-order valence-electron chi connectivity index (χ2n) is 5.72. The van der Waals surface area contributed by atoms with Crippen molar-refractivity contribution in [3.63, 3.8) is 0 Å². The molecule has 0 aromatic heterocycles. The summed E-state index contributed by atoms with van der Waals surface area (Å²) in [5, 5.41) is 6.38. The Hall–Kier alpha value is -1.16. The van der Waals surface area contributed by atoms with Gasteiger partial charge in [-0.25, -0.2) is 0 Å². The van der Waals surface area contributed by atoms with Crippen LogP contribution in [0.1, 0.15) is 31.4 Å². The van der Waals surface area contributed by atoms with Gasteiger partial charge in [0.2, 0.25) is 0 Å². The number of nitrogens with one attached hydrogen (secondary N) is 2. The normalized spacial score (nSPS) is 11.5. The second-order valence-corrected chi connectivity index (χ2v) is 5.72. The summed E-state index contributed by atoms with van der Waals surface area (Å²) in [5.41, 5.74) is 1.66. The number of aliphatic imine (C=N–C) groups is 1. The number of halogens is 3. The van der Waals surface area contributed by atoms with Crippen LogP contribution in [0.15, 0.2) is 23.2 Å². The summed E-state index contributed by atoms with van der Waals surface area (Å²) in [6.07, 6.45) is 1.01. The van der Waals surface area contributed by atoms with Crippen LogP contribution in [0.3, 0.4) is 0 Å². The van der Waals surface area contributed by atoms with Crippen molar-refractivity contribution >= 4 is 29.9 Å². The number of rotatable bonds is 10. The molecule has 0 atom stereocenters. The summed E-state index contributed by atoms with van der Waals surface area (Å²) in [4.78, 5) is 6.52. The van der Waals surface area contributed by atoms with Crippen LogP contribution in [-0.4, -0.2) is 50.7 Å². The van der Waals surface area contributed by atoms with Gasteiger partial charge in [-0.3, -0.25) is 4.99 Å². The minimum atomic E-state index is -2.83. The molecule has 2 N–H and O–H groups in total. The van der Waals surface area contributed by atoms with Gasteiger partial charge in [0, 0.05) is 25.7 Å². The lowest BCUT2D eigenvalue weighted by atomic mass is 10.1. The van der Waals surface area contributed by atoms with Gasteiger partial charge in [-0.2, -0.15) is 8.78 Å². The van der Waals surface area contributed by atoms with Crippen LogP contribution in [0.5, 0.6) is 5.75 Å². The highest BCUT2D eigenvalue weighted by Crippen LogP contribution is 2.21. The first-order valence-electron chi connectivity index (χ1n) is 8.71. The fraction of sp³-hybridized carbons (Fsp3) is 0.611. The molecule has 1 rings (SSSR count). The fourth-order valence-electron chi connectivity index (χ4n) is 2.51. The van der Waals surface area contributed by atoms with Crippen molar-refractivity contribution in [2.75, 3.05) is 33.2 Å². The molecule has 0 bridgehead atoms. The largest absolute Gasteiger partial charge is 0.434 e. The van der Waals surface area contributed by atoms with E-state index in [0.29, 0.717) is 18.1 Å². The van der Waals surface area contributed by atoms with E-state index in [0.717, 1.165) is 38.2 Å². The molecular weight excluding hydrogens is 453 g/mol. The molecule has 1 aromatic rings. The molecule has 0 amide bonds. The van der Waals surface area contributed by atoms with E-state index < -0.39 is 6.61 Å². The van der Waals surface area contributed by atoms with E-state index in [9.17, 15) is 8.78 Å². The van der Waals surface area contributed by atoms with E-state index in [1.54, 1.807) is 19.2 Å². The van der Waals surface area contributed by atoms with Gasteiger partial charge in [0.15, 0.2) is 5.96 Å². The number of ether oxygens (including phenoxy) is 1. The highest BCUT2D eigenvalue weighted by Gasteiger charge is 2.10. The van der Waals surface area contributed by atoms with E-state index in [2.05, 4.69) is 39.1 Å². The lowest BCUT2D eigenvalue weighted by molar-refractivity contribution is -0.0504. The fourth-order valence-corrected chi connectivity index (χ4v) is 2.51. The Morgan fingerprint density at radius 3 is 2.50 bits per heavy atom. The predicted molar refractivity (Wildman–Crippen MR) is 114 cm³/mol. The zero-order chi connectivity index (χ0) is 18.7. The molecule has 1 aromatic carbocycles. The maximum absolute atomic E-state index is 12.5. The third-order valence-electron chi connectivity index (χ3n) is 3.94. The summed E-state index contributed by atoms with van der Waals surface area (Å²) in [7, 11) is 1.69. The number of aryl methyl sites for hydroxylation is 1. The van der Waals surface area contributed by atoms with E-state index in [1.807, 2.05) is 13.0 Å². The maximum atomic E-state index is 12.5. The number of nitrogens with zero attached hydrogens (tertiary/aromatic N) is 2. The van der Waals surface area contributed by atoms with Gasteiger partial charge in [0.25, 0.3) is 0 Å². The minimum absolute atomic E-state index is 0. The lowest BCUT2D eigenvalue weighted by Crippen LogP contribution is -2.38. The predicted octanol–water partition coefficient (Wildman–Crippen LogP) is 3.61. The van der Waals surface area contributed by atoms with E-state index >= 15 is 0 Å². The molecule has 26 heavy (non-hydrogen) atoms. The van der Waals surface area contributed by atoms with Gasteiger partial charge in [0.1, 0.15) is 5.75 Å². The summed E-state index contributed by atoms with van der Waals surface area (Å²) in [6.45, 7) is 7.66. The molecular formula is C18H31F2IN4O. The van der Waals surface area contributed by atoms with Gasteiger partial charge in [0.05, 0.1) is 0 Å². The van der Waals surface area contributed by atoms with Crippen LogP contribution >= 0.6 is 24.0 Å². The Balaban J connectivity index is 0.00000625.